The summed E-state index contributed by atoms with van der Waals surface area (Å²) in [6.07, 6.45) is 0. The van der Waals surface area contributed by atoms with Crippen molar-refractivity contribution >= 4 is 5.91 Å². The van der Waals surface area contributed by atoms with Crippen molar-refractivity contribution in [3.63, 3.8) is 0 Å². The number of amides is 1. The van der Waals surface area contributed by atoms with Gasteiger partial charge in [0.1, 0.15) is 0 Å². The van der Waals surface area contributed by atoms with Crippen molar-refractivity contribution < 1.29 is 9.90 Å². The summed E-state index contributed by atoms with van der Waals surface area (Å²) in [5.74, 6) is -0.110. The van der Waals surface area contributed by atoms with Crippen LogP contribution in [0.3, 0.4) is 0 Å². The summed E-state index contributed by atoms with van der Waals surface area (Å²) in [6.45, 7) is 4.13. The van der Waals surface area contributed by atoms with E-state index in [9.17, 15) is 9.90 Å². The lowest BCUT2D eigenvalue weighted by molar-refractivity contribution is -0.121. The molecule has 1 amide bonds. The summed E-state index contributed by atoms with van der Waals surface area (Å²) < 4.78 is 0. The second kappa shape index (κ2) is 7.04. The van der Waals surface area contributed by atoms with Crippen LogP contribution in [0.15, 0.2) is 30.3 Å². The van der Waals surface area contributed by atoms with Gasteiger partial charge in [-0.15, -0.1) is 0 Å². The highest BCUT2D eigenvalue weighted by molar-refractivity contribution is 5.78. The van der Waals surface area contributed by atoms with Gasteiger partial charge in [-0.1, -0.05) is 44.2 Å². The molecule has 4 heteroatoms. The second-order valence-electron chi connectivity index (χ2n) is 4.25. The fourth-order valence-electron chi connectivity index (χ4n) is 1.46. The van der Waals surface area contributed by atoms with Gasteiger partial charge >= 0.3 is 0 Å². The fourth-order valence-corrected chi connectivity index (χ4v) is 1.46. The van der Waals surface area contributed by atoms with Crippen LogP contribution in [0.25, 0.3) is 0 Å². The van der Waals surface area contributed by atoms with Crippen LogP contribution in [0, 0.1) is 0 Å². The Kier molecular flexibility index (Phi) is 5.66. The Bertz CT molecular complexity index is 339. The Morgan fingerprint density at radius 2 is 1.94 bits per heavy atom. The Labute approximate surface area is 102 Å². The smallest absolute Gasteiger partial charge is 0.234 e. The zero-order chi connectivity index (χ0) is 12.7. The Hall–Kier alpha value is -1.39. The van der Waals surface area contributed by atoms with Crippen molar-refractivity contribution in [1.82, 2.24) is 10.6 Å². The van der Waals surface area contributed by atoms with Gasteiger partial charge in [0.2, 0.25) is 5.91 Å². The van der Waals surface area contributed by atoms with Crippen LogP contribution in [0.4, 0.5) is 0 Å². The molecule has 0 unspecified atom stereocenters. The number of carbonyl (C=O) groups excluding carboxylic acids is 1. The van der Waals surface area contributed by atoms with E-state index >= 15 is 0 Å². The van der Waals surface area contributed by atoms with Crippen molar-refractivity contribution in [1.29, 1.82) is 0 Å². The molecule has 0 aliphatic carbocycles. The third-order valence-electron chi connectivity index (χ3n) is 2.39. The molecule has 0 fully saturated rings. The summed E-state index contributed by atoms with van der Waals surface area (Å²) in [5.41, 5.74) is 0.910. The fraction of sp³-hybridized carbons (Fsp3) is 0.462. The average molecular weight is 236 g/mol. The Balaban J connectivity index is 2.50. The highest BCUT2D eigenvalue weighted by Crippen LogP contribution is 2.10. The van der Waals surface area contributed by atoms with Crippen LogP contribution in [-0.2, 0) is 4.79 Å². The predicted octanol–water partition coefficient (Wildman–Crippen LogP) is 0.834. The summed E-state index contributed by atoms with van der Waals surface area (Å²) in [7, 11) is 0. The van der Waals surface area contributed by atoms with Crippen LogP contribution >= 0.6 is 0 Å². The predicted molar refractivity (Wildman–Crippen MR) is 67.6 cm³/mol. The average Bonchev–Trinajstić information content (AvgIpc) is 2.34. The molecule has 0 aliphatic heterocycles. The van der Waals surface area contributed by atoms with Gasteiger partial charge in [-0.25, -0.2) is 0 Å². The van der Waals surface area contributed by atoms with Gasteiger partial charge in [-0.05, 0) is 5.56 Å². The number of rotatable bonds is 6. The molecule has 0 aromatic heterocycles. The SMILES string of the molecule is CC(C)NCC(=O)N[C@@H](CO)c1ccccc1. The molecule has 0 saturated heterocycles. The number of carbonyl (C=O) groups is 1. The molecule has 0 heterocycles. The molecule has 4 nitrogen and oxygen atoms in total. The largest absolute Gasteiger partial charge is 0.394 e. The van der Waals surface area contributed by atoms with Crippen molar-refractivity contribution in [2.75, 3.05) is 13.2 Å². The van der Waals surface area contributed by atoms with E-state index in [0.29, 0.717) is 0 Å². The number of hydrogen-bond donors (Lipinski definition) is 3. The first kappa shape index (κ1) is 13.7. The normalized spacial score (nSPS) is 12.5. The molecule has 94 valence electrons. The van der Waals surface area contributed by atoms with Crippen LogP contribution in [-0.4, -0.2) is 30.2 Å². The zero-order valence-corrected chi connectivity index (χ0v) is 10.3. The maximum atomic E-state index is 11.6. The molecule has 1 aromatic carbocycles. The minimum absolute atomic E-state index is 0.0998. The van der Waals surface area contributed by atoms with Crippen molar-refractivity contribution in [3.8, 4) is 0 Å². The maximum Gasteiger partial charge on any atom is 0.234 e. The molecule has 1 aromatic rings. The summed E-state index contributed by atoms with van der Waals surface area (Å²) in [4.78, 5) is 11.6. The topological polar surface area (TPSA) is 61.4 Å². The second-order valence-corrected chi connectivity index (χ2v) is 4.25. The first-order valence-electron chi connectivity index (χ1n) is 5.82. The number of nitrogens with one attached hydrogen (secondary N) is 2. The van der Waals surface area contributed by atoms with Gasteiger partial charge in [0.25, 0.3) is 0 Å². The van der Waals surface area contributed by atoms with Crippen LogP contribution < -0.4 is 10.6 Å². The lowest BCUT2D eigenvalue weighted by atomic mass is 10.1. The van der Waals surface area contributed by atoms with Gasteiger partial charge in [0.15, 0.2) is 0 Å². The standard InChI is InChI=1S/C13H20N2O2/c1-10(2)14-8-13(17)15-12(9-16)11-6-4-3-5-7-11/h3-7,10,12,14,16H,8-9H2,1-2H3,(H,15,17)/t12-/m0/s1. The summed E-state index contributed by atoms with van der Waals surface area (Å²) in [5, 5.41) is 15.1. The van der Waals surface area contributed by atoms with Gasteiger partial charge < -0.3 is 15.7 Å². The monoisotopic (exact) mass is 236 g/mol. The molecule has 0 bridgehead atoms. The van der Waals surface area contributed by atoms with Crippen molar-refractivity contribution in [2.24, 2.45) is 0 Å². The van der Waals surface area contributed by atoms with Crippen LogP contribution in [0.5, 0.6) is 0 Å². The minimum Gasteiger partial charge on any atom is -0.394 e. The van der Waals surface area contributed by atoms with E-state index in [2.05, 4.69) is 10.6 Å². The lowest BCUT2D eigenvalue weighted by Gasteiger charge is -2.17. The number of hydrogen-bond acceptors (Lipinski definition) is 3. The molecule has 0 aliphatic rings. The van der Waals surface area contributed by atoms with Gasteiger partial charge in [-0.2, -0.15) is 0 Å². The number of aliphatic hydroxyl groups excluding tert-OH is 1. The van der Waals surface area contributed by atoms with E-state index in [1.165, 1.54) is 0 Å². The third kappa shape index (κ3) is 4.97. The first-order valence-corrected chi connectivity index (χ1v) is 5.82. The van der Waals surface area contributed by atoms with E-state index in [0.717, 1.165) is 5.56 Å². The molecular formula is C13H20N2O2. The zero-order valence-electron chi connectivity index (χ0n) is 10.3. The molecule has 0 spiro atoms. The Morgan fingerprint density at radius 3 is 2.47 bits per heavy atom. The summed E-state index contributed by atoms with van der Waals surface area (Å²) >= 11 is 0. The van der Waals surface area contributed by atoms with E-state index in [1.807, 2.05) is 44.2 Å². The highest BCUT2D eigenvalue weighted by atomic mass is 16.3. The highest BCUT2D eigenvalue weighted by Gasteiger charge is 2.12. The minimum atomic E-state index is -0.335. The molecule has 0 radical (unpaired) electrons. The molecule has 0 saturated carbocycles. The Morgan fingerprint density at radius 1 is 1.29 bits per heavy atom. The lowest BCUT2D eigenvalue weighted by Crippen LogP contribution is -2.39. The van der Waals surface area contributed by atoms with Crippen molar-refractivity contribution in [3.05, 3.63) is 35.9 Å². The van der Waals surface area contributed by atoms with Crippen LogP contribution in [0.1, 0.15) is 25.5 Å². The van der Waals surface area contributed by atoms with Gasteiger partial charge in [0.05, 0.1) is 19.2 Å². The molecule has 1 rings (SSSR count). The molecule has 1 atom stereocenters. The van der Waals surface area contributed by atoms with E-state index in [4.69, 9.17) is 0 Å². The first-order chi connectivity index (χ1) is 8.13. The van der Waals surface area contributed by atoms with E-state index < -0.39 is 0 Å². The van der Waals surface area contributed by atoms with Gasteiger partial charge in [0, 0.05) is 6.04 Å². The van der Waals surface area contributed by atoms with Crippen molar-refractivity contribution in [2.45, 2.75) is 25.9 Å². The summed E-state index contributed by atoms with van der Waals surface area (Å²) in [6, 6.07) is 9.38. The molecule has 3 N–H and O–H groups in total. The molecule has 17 heavy (non-hydrogen) atoms. The molecular weight excluding hydrogens is 216 g/mol. The third-order valence-corrected chi connectivity index (χ3v) is 2.39. The van der Waals surface area contributed by atoms with Gasteiger partial charge in [-0.3, -0.25) is 4.79 Å². The maximum absolute atomic E-state index is 11.6. The van der Waals surface area contributed by atoms with Crippen LogP contribution in [0.2, 0.25) is 0 Å². The number of aliphatic hydroxyl groups is 1. The van der Waals surface area contributed by atoms with E-state index in [1.54, 1.807) is 0 Å². The van der Waals surface area contributed by atoms with E-state index in [-0.39, 0.29) is 31.1 Å². The quantitative estimate of drug-likeness (QED) is 0.685. The number of benzene rings is 1.